The van der Waals surface area contributed by atoms with Gasteiger partial charge in [0, 0.05) is 0 Å². The van der Waals surface area contributed by atoms with Gasteiger partial charge in [0.15, 0.2) is 18.1 Å². The number of nitriles is 1. The van der Waals surface area contributed by atoms with Gasteiger partial charge in [0.1, 0.15) is 6.07 Å². The number of hydrogen-bond donors (Lipinski definition) is 1. The molecule has 0 aliphatic rings. The number of anilines is 1. The first-order valence-electron chi connectivity index (χ1n) is 8.46. The van der Waals surface area contributed by atoms with Crippen LogP contribution < -0.4 is 14.8 Å². The number of halogens is 1. The van der Waals surface area contributed by atoms with Crippen molar-refractivity contribution in [2.75, 3.05) is 25.6 Å². The van der Waals surface area contributed by atoms with E-state index in [0.717, 1.165) is 6.42 Å². The molecule has 0 spiro atoms. The maximum Gasteiger partial charge on any atom is 0.338 e. The van der Waals surface area contributed by atoms with E-state index >= 15 is 0 Å². The zero-order valence-corrected chi connectivity index (χ0v) is 16.2. The normalized spacial score (nSPS) is 9.93. The first kappa shape index (κ1) is 21.1. The maximum absolute atomic E-state index is 12.3. The Bertz CT molecular complexity index is 908. The number of nitrogens with zero attached hydrogens (tertiary/aromatic N) is 1. The van der Waals surface area contributed by atoms with Crippen LogP contribution in [0.4, 0.5) is 5.69 Å². The fourth-order valence-electron chi connectivity index (χ4n) is 2.27. The van der Waals surface area contributed by atoms with Crippen molar-refractivity contribution in [3.8, 4) is 17.6 Å². The predicted octanol–water partition coefficient (Wildman–Crippen LogP) is 3.80. The first-order valence-corrected chi connectivity index (χ1v) is 8.84. The lowest BCUT2D eigenvalue weighted by atomic mass is 10.2. The number of esters is 1. The molecule has 0 atom stereocenters. The fourth-order valence-corrected chi connectivity index (χ4v) is 2.54. The molecule has 2 aromatic carbocycles. The average Bonchev–Trinajstić information content (AvgIpc) is 2.70. The molecule has 0 bridgehead atoms. The Kier molecular flexibility index (Phi) is 7.66. The number of hydrogen-bond acceptors (Lipinski definition) is 6. The minimum absolute atomic E-state index is 0.121. The Morgan fingerprint density at radius 1 is 1.25 bits per heavy atom. The molecule has 2 rings (SSSR count). The number of para-hydroxylation sites is 1. The second kappa shape index (κ2) is 10.2. The first-order chi connectivity index (χ1) is 13.5. The van der Waals surface area contributed by atoms with Gasteiger partial charge in [-0.2, -0.15) is 5.26 Å². The third-order valence-electron chi connectivity index (χ3n) is 3.57. The summed E-state index contributed by atoms with van der Waals surface area (Å²) in [6.45, 7) is 1.88. The third kappa shape index (κ3) is 5.38. The number of nitrogens with one attached hydrogen (secondary N) is 1. The highest BCUT2D eigenvalue weighted by Crippen LogP contribution is 2.36. The number of ether oxygens (including phenoxy) is 3. The van der Waals surface area contributed by atoms with Crippen molar-refractivity contribution in [2.45, 2.75) is 13.3 Å². The molecule has 146 valence electrons. The quantitative estimate of drug-likeness (QED) is 0.674. The number of carbonyl (C=O) groups is 2. The lowest BCUT2D eigenvalue weighted by molar-refractivity contribution is -0.119. The molecule has 0 aromatic heterocycles. The van der Waals surface area contributed by atoms with E-state index < -0.39 is 18.5 Å². The van der Waals surface area contributed by atoms with Crippen LogP contribution in [0.15, 0.2) is 36.4 Å². The summed E-state index contributed by atoms with van der Waals surface area (Å²) in [5.74, 6) is -0.684. The van der Waals surface area contributed by atoms with Gasteiger partial charge in [0.25, 0.3) is 5.91 Å². The van der Waals surface area contributed by atoms with Crippen molar-refractivity contribution in [3.05, 3.63) is 52.5 Å². The summed E-state index contributed by atoms with van der Waals surface area (Å²) in [6.07, 6.45) is 0.785. The van der Waals surface area contributed by atoms with Crippen LogP contribution in [0.2, 0.25) is 5.02 Å². The van der Waals surface area contributed by atoms with Gasteiger partial charge in [-0.15, -0.1) is 0 Å². The van der Waals surface area contributed by atoms with Crippen molar-refractivity contribution in [2.24, 2.45) is 0 Å². The van der Waals surface area contributed by atoms with Crippen molar-refractivity contribution in [1.29, 1.82) is 5.26 Å². The molecule has 1 amide bonds. The monoisotopic (exact) mass is 402 g/mol. The summed E-state index contributed by atoms with van der Waals surface area (Å²) in [5, 5.41) is 11.8. The fraction of sp³-hybridized carbons (Fsp3) is 0.250. The summed E-state index contributed by atoms with van der Waals surface area (Å²) in [7, 11) is 1.43. The van der Waals surface area contributed by atoms with E-state index in [2.05, 4.69) is 5.32 Å². The number of amides is 1. The second-order valence-electron chi connectivity index (χ2n) is 5.62. The molecule has 2 aromatic rings. The van der Waals surface area contributed by atoms with Crippen LogP contribution in [0.1, 0.15) is 29.3 Å². The molecule has 0 radical (unpaired) electrons. The standard InChI is InChI=1S/C20H19ClN2O5/c1-3-8-27-19-15(21)9-14(10-17(19)26-2)20(25)28-12-18(24)23-16-7-5-4-6-13(16)11-22/h4-7,9-10H,3,8,12H2,1-2H3,(H,23,24). The smallest absolute Gasteiger partial charge is 0.338 e. The molecular weight excluding hydrogens is 384 g/mol. The summed E-state index contributed by atoms with van der Waals surface area (Å²) in [6, 6.07) is 11.3. The van der Waals surface area contributed by atoms with Crippen LogP contribution in [0.5, 0.6) is 11.5 Å². The van der Waals surface area contributed by atoms with E-state index in [1.165, 1.54) is 19.2 Å². The van der Waals surface area contributed by atoms with E-state index in [1.807, 2.05) is 13.0 Å². The van der Waals surface area contributed by atoms with Gasteiger partial charge in [-0.1, -0.05) is 30.7 Å². The number of carbonyl (C=O) groups excluding carboxylic acids is 2. The lowest BCUT2D eigenvalue weighted by Gasteiger charge is -2.13. The van der Waals surface area contributed by atoms with Gasteiger partial charge in [-0.3, -0.25) is 4.79 Å². The van der Waals surface area contributed by atoms with Crippen LogP contribution in [-0.2, 0) is 9.53 Å². The lowest BCUT2D eigenvalue weighted by Crippen LogP contribution is -2.21. The molecule has 0 saturated carbocycles. The minimum Gasteiger partial charge on any atom is -0.493 e. The van der Waals surface area contributed by atoms with Crippen molar-refractivity contribution in [3.63, 3.8) is 0 Å². The third-order valence-corrected chi connectivity index (χ3v) is 3.85. The Morgan fingerprint density at radius 3 is 2.68 bits per heavy atom. The van der Waals surface area contributed by atoms with Gasteiger partial charge in [-0.05, 0) is 30.7 Å². The number of benzene rings is 2. The molecule has 0 unspecified atom stereocenters. The minimum atomic E-state index is -0.744. The summed E-state index contributed by atoms with van der Waals surface area (Å²) in [4.78, 5) is 24.3. The predicted molar refractivity (Wildman–Crippen MR) is 104 cm³/mol. The molecule has 0 fully saturated rings. The summed E-state index contributed by atoms with van der Waals surface area (Å²) in [5.41, 5.74) is 0.769. The second-order valence-corrected chi connectivity index (χ2v) is 6.03. The van der Waals surface area contributed by atoms with Crippen LogP contribution in [0.25, 0.3) is 0 Å². The van der Waals surface area contributed by atoms with E-state index in [1.54, 1.807) is 24.3 Å². The molecule has 8 heteroatoms. The molecule has 0 heterocycles. The van der Waals surface area contributed by atoms with Crippen molar-refractivity contribution >= 4 is 29.2 Å². The van der Waals surface area contributed by atoms with E-state index in [9.17, 15) is 9.59 Å². The SMILES string of the molecule is CCCOc1c(Cl)cc(C(=O)OCC(=O)Nc2ccccc2C#N)cc1OC. The zero-order chi connectivity index (χ0) is 20.5. The van der Waals surface area contributed by atoms with Gasteiger partial charge in [0.05, 0.1) is 35.6 Å². The number of methoxy groups -OCH3 is 1. The Balaban J connectivity index is 2.03. The molecule has 28 heavy (non-hydrogen) atoms. The molecule has 0 aliphatic heterocycles. The summed E-state index contributed by atoms with van der Waals surface area (Å²) >= 11 is 6.17. The number of rotatable bonds is 8. The largest absolute Gasteiger partial charge is 0.493 e. The zero-order valence-electron chi connectivity index (χ0n) is 15.5. The molecule has 1 N–H and O–H groups in total. The molecule has 7 nitrogen and oxygen atoms in total. The molecular formula is C20H19ClN2O5. The molecule has 0 saturated heterocycles. The van der Waals surface area contributed by atoms with E-state index in [4.69, 9.17) is 31.1 Å². The topological polar surface area (TPSA) is 97.6 Å². The van der Waals surface area contributed by atoms with Gasteiger partial charge >= 0.3 is 5.97 Å². The Hall–Kier alpha value is -3.24. The van der Waals surface area contributed by atoms with Crippen LogP contribution in [0, 0.1) is 11.3 Å². The van der Waals surface area contributed by atoms with Crippen molar-refractivity contribution in [1.82, 2.24) is 0 Å². The van der Waals surface area contributed by atoms with Gasteiger partial charge < -0.3 is 19.5 Å². The Morgan fingerprint density at radius 2 is 2.00 bits per heavy atom. The average molecular weight is 403 g/mol. The maximum atomic E-state index is 12.3. The van der Waals surface area contributed by atoms with Crippen molar-refractivity contribution < 1.29 is 23.8 Å². The highest BCUT2D eigenvalue weighted by Gasteiger charge is 2.18. The van der Waals surface area contributed by atoms with E-state index in [0.29, 0.717) is 29.4 Å². The highest BCUT2D eigenvalue weighted by atomic mass is 35.5. The Labute approximate surface area is 167 Å². The van der Waals surface area contributed by atoms with Crippen LogP contribution >= 0.6 is 11.6 Å². The van der Waals surface area contributed by atoms with Gasteiger partial charge in [0.2, 0.25) is 0 Å². The van der Waals surface area contributed by atoms with Crippen LogP contribution in [-0.4, -0.2) is 32.2 Å². The summed E-state index contributed by atoms with van der Waals surface area (Å²) < 4.78 is 15.8. The van der Waals surface area contributed by atoms with Crippen LogP contribution in [0.3, 0.4) is 0 Å². The van der Waals surface area contributed by atoms with E-state index in [-0.39, 0.29) is 10.6 Å². The molecule has 0 aliphatic carbocycles. The van der Waals surface area contributed by atoms with Gasteiger partial charge in [-0.25, -0.2) is 4.79 Å². The highest BCUT2D eigenvalue weighted by molar-refractivity contribution is 6.32.